The van der Waals surface area contributed by atoms with Crippen molar-refractivity contribution in [1.82, 2.24) is 14.8 Å². The van der Waals surface area contributed by atoms with Crippen LogP contribution in [0.4, 0.5) is 0 Å². The lowest BCUT2D eigenvalue weighted by molar-refractivity contribution is 0.286. The highest BCUT2D eigenvalue weighted by atomic mass is 16.5. The van der Waals surface area contributed by atoms with Gasteiger partial charge in [0.05, 0.1) is 0 Å². The summed E-state index contributed by atoms with van der Waals surface area (Å²) in [6.45, 7) is 4.76. The molecule has 0 spiro atoms. The summed E-state index contributed by atoms with van der Waals surface area (Å²) < 4.78 is 7.52. The Labute approximate surface area is 101 Å². The van der Waals surface area contributed by atoms with Gasteiger partial charge in [0.15, 0.2) is 5.82 Å². The molecule has 0 aliphatic heterocycles. The van der Waals surface area contributed by atoms with E-state index in [0.717, 1.165) is 11.6 Å². The average molecular weight is 231 g/mol. The largest absolute Gasteiger partial charge is 0.485 e. The SMILES string of the molecule is CC(C)c1ccccc1OCc1ncnn1C. The molecule has 1 aromatic heterocycles. The first kappa shape index (κ1) is 11.6. The third-order valence-electron chi connectivity index (χ3n) is 2.70. The quantitative estimate of drug-likeness (QED) is 0.811. The monoisotopic (exact) mass is 231 g/mol. The van der Waals surface area contributed by atoms with Crippen molar-refractivity contribution in [2.75, 3.05) is 0 Å². The highest BCUT2D eigenvalue weighted by Crippen LogP contribution is 2.26. The first-order valence-corrected chi connectivity index (χ1v) is 5.73. The third kappa shape index (κ3) is 2.64. The van der Waals surface area contributed by atoms with Gasteiger partial charge in [-0.2, -0.15) is 5.10 Å². The number of ether oxygens (including phenoxy) is 1. The first-order valence-electron chi connectivity index (χ1n) is 5.73. The van der Waals surface area contributed by atoms with Crippen LogP contribution in [0.5, 0.6) is 5.75 Å². The molecule has 0 saturated heterocycles. The van der Waals surface area contributed by atoms with E-state index in [9.17, 15) is 0 Å². The molecule has 0 saturated carbocycles. The number of aryl methyl sites for hydroxylation is 1. The van der Waals surface area contributed by atoms with Gasteiger partial charge in [0.1, 0.15) is 18.7 Å². The van der Waals surface area contributed by atoms with Crippen molar-refractivity contribution in [3.05, 3.63) is 42.0 Å². The molecule has 0 amide bonds. The second-order valence-corrected chi connectivity index (χ2v) is 4.28. The number of aromatic nitrogens is 3. The fourth-order valence-corrected chi connectivity index (χ4v) is 1.68. The minimum Gasteiger partial charge on any atom is -0.485 e. The van der Waals surface area contributed by atoms with E-state index in [1.165, 1.54) is 11.9 Å². The topological polar surface area (TPSA) is 39.9 Å². The number of benzene rings is 1. The van der Waals surface area contributed by atoms with Crippen LogP contribution < -0.4 is 4.74 Å². The van der Waals surface area contributed by atoms with Gasteiger partial charge < -0.3 is 4.74 Å². The van der Waals surface area contributed by atoms with Crippen LogP contribution in [0, 0.1) is 0 Å². The summed E-state index contributed by atoms with van der Waals surface area (Å²) >= 11 is 0. The fraction of sp³-hybridized carbons (Fsp3) is 0.385. The van der Waals surface area contributed by atoms with Crippen LogP contribution in [0.2, 0.25) is 0 Å². The molecular weight excluding hydrogens is 214 g/mol. The van der Waals surface area contributed by atoms with Crippen LogP contribution in [-0.2, 0) is 13.7 Å². The Bertz CT molecular complexity index is 491. The van der Waals surface area contributed by atoms with Gasteiger partial charge in [-0.1, -0.05) is 32.0 Å². The van der Waals surface area contributed by atoms with E-state index in [1.807, 2.05) is 25.2 Å². The fourth-order valence-electron chi connectivity index (χ4n) is 1.68. The summed E-state index contributed by atoms with van der Waals surface area (Å²) in [5.41, 5.74) is 1.22. The van der Waals surface area contributed by atoms with Gasteiger partial charge >= 0.3 is 0 Å². The summed E-state index contributed by atoms with van der Waals surface area (Å²) in [5.74, 6) is 2.19. The molecule has 17 heavy (non-hydrogen) atoms. The zero-order chi connectivity index (χ0) is 12.3. The molecule has 90 valence electrons. The molecule has 0 atom stereocenters. The summed E-state index contributed by atoms with van der Waals surface area (Å²) in [7, 11) is 1.86. The van der Waals surface area contributed by atoms with E-state index in [-0.39, 0.29) is 0 Å². The number of rotatable bonds is 4. The minimum absolute atomic E-state index is 0.445. The summed E-state index contributed by atoms with van der Waals surface area (Å²) in [6.07, 6.45) is 1.53. The number of hydrogen-bond donors (Lipinski definition) is 0. The molecule has 0 unspecified atom stereocenters. The van der Waals surface area contributed by atoms with Gasteiger partial charge in [-0.3, -0.25) is 4.68 Å². The van der Waals surface area contributed by atoms with Gasteiger partial charge in [0.2, 0.25) is 0 Å². The van der Waals surface area contributed by atoms with Crippen molar-refractivity contribution in [1.29, 1.82) is 0 Å². The summed E-state index contributed by atoms with van der Waals surface area (Å²) in [6, 6.07) is 8.10. The van der Waals surface area contributed by atoms with Gasteiger partial charge in [-0.05, 0) is 17.5 Å². The molecule has 0 aliphatic rings. The van der Waals surface area contributed by atoms with Crippen LogP contribution in [0.3, 0.4) is 0 Å². The smallest absolute Gasteiger partial charge is 0.164 e. The van der Waals surface area contributed by atoms with Crippen molar-refractivity contribution in [3.8, 4) is 5.75 Å². The van der Waals surface area contributed by atoms with Gasteiger partial charge in [-0.15, -0.1) is 0 Å². The van der Waals surface area contributed by atoms with Crippen LogP contribution in [0.15, 0.2) is 30.6 Å². The molecule has 0 bridgehead atoms. The van der Waals surface area contributed by atoms with Gasteiger partial charge in [0.25, 0.3) is 0 Å². The second kappa shape index (κ2) is 4.99. The zero-order valence-electron chi connectivity index (χ0n) is 10.4. The molecule has 0 aliphatic carbocycles. The zero-order valence-corrected chi connectivity index (χ0v) is 10.4. The predicted molar refractivity (Wildman–Crippen MR) is 65.9 cm³/mol. The molecule has 2 rings (SSSR count). The van der Waals surface area contributed by atoms with Crippen molar-refractivity contribution >= 4 is 0 Å². The molecule has 4 heteroatoms. The van der Waals surface area contributed by atoms with E-state index in [2.05, 4.69) is 30.0 Å². The van der Waals surface area contributed by atoms with Crippen LogP contribution in [-0.4, -0.2) is 14.8 Å². The second-order valence-electron chi connectivity index (χ2n) is 4.28. The Hall–Kier alpha value is -1.84. The van der Waals surface area contributed by atoms with Crippen LogP contribution in [0.1, 0.15) is 31.2 Å². The molecule has 0 fully saturated rings. The first-order chi connectivity index (χ1) is 8.18. The molecule has 1 heterocycles. The van der Waals surface area contributed by atoms with Crippen molar-refractivity contribution in [2.45, 2.75) is 26.4 Å². The van der Waals surface area contributed by atoms with E-state index in [1.54, 1.807) is 4.68 Å². The molecular formula is C13H17N3O. The van der Waals surface area contributed by atoms with Crippen molar-refractivity contribution < 1.29 is 4.74 Å². The van der Waals surface area contributed by atoms with Gasteiger partial charge in [0, 0.05) is 7.05 Å². The normalized spacial score (nSPS) is 10.8. The molecule has 2 aromatic rings. The summed E-state index contributed by atoms with van der Waals surface area (Å²) in [4.78, 5) is 4.13. The lowest BCUT2D eigenvalue weighted by Gasteiger charge is -2.13. The predicted octanol–water partition coefficient (Wildman–Crippen LogP) is 2.52. The highest BCUT2D eigenvalue weighted by Gasteiger charge is 2.08. The van der Waals surface area contributed by atoms with E-state index in [4.69, 9.17) is 4.74 Å². The van der Waals surface area contributed by atoms with Crippen molar-refractivity contribution in [2.24, 2.45) is 7.05 Å². The minimum atomic E-state index is 0.445. The summed E-state index contributed by atoms with van der Waals surface area (Å²) in [5, 5.41) is 4.01. The highest BCUT2D eigenvalue weighted by molar-refractivity contribution is 5.35. The average Bonchev–Trinajstić information content (AvgIpc) is 2.72. The Morgan fingerprint density at radius 3 is 2.71 bits per heavy atom. The molecule has 4 nitrogen and oxygen atoms in total. The Morgan fingerprint density at radius 1 is 1.29 bits per heavy atom. The number of nitrogens with zero attached hydrogens (tertiary/aromatic N) is 3. The maximum atomic E-state index is 5.80. The van der Waals surface area contributed by atoms with Crippen LogP contribution in [0.25, 0.3) is 0 Å². The Kier molecular flexibility index (Phi) is 3.42. The third-order valence-corrected chi connectivity index (χ3v) is 2.70. The van der Waals surface area contributed by atoms with Crippen LogP contribution >= 0.6 is 0 Å². The molecule has 1 aromatic carbocycles. The lowest BCUT2D eigenvalue weighted by Crippen LogP contribution is -2.06. The van der Waals surface area contributed by atoms with E-state index >= 15 is 0 Å². The Balaban J connectivity index is 2.11. The molecule has 0 radical (unpaired) electrons. The Morgan fingerprint density at radius 2 is 2.06 bits per heavy atom. The van der Waals surface area contributed by atoms with Crippen molar-refractivity contribution in [3.63, 3.8) is 0 Å². The number of para-hydroxylation sites is 1. The number of hydrogen-bond acceptors (Lipinski definition) is 3. The van der Waals surface area contributed by atoms with Gasteiger partial charge in [-0.25, -0.2) is 4.98 Å². The molecule has 0 N–H and O–H groups in total. The van der Waals surface area contributed by atoms with E-state index in [0.29, 0.717) is 12.5 Å². The maximum Gasteiger partial charge on any atom is 0.164 e. The lowest BCUT2D eigenvalue weighted by atomic mass is 10.0. The maximum absolute atomic E-state index is 5.80. The standard InChI is InChI=1S/C13H17N3O/c1-10(2)11-6-4-5-7-12(11)17-8-13-14-9-15-16(13)3/h4-7,9-10H,8H2,1-3H3. The van der Waals surface area contributed by atoms with E-state index < -0.39 is 0 Å².